The fraction of sp³-hybridized carbons (Fsp3) is 0.389. The molecule has 4 rings (SSSR count). The van der Waals surface area contributed by atoms with Crippen LogP contribution in [0.2, 0.25) is 0 Å². The van der Waals surface area contributed by atoms with Crippen LogP contribution in [0.4, 0.5) is 10.1 Å². The number of anilines is 2. The topological polar surface area (TPSA) is 189 Å². The Labute approximate surface area is 204 Å². The number of carbonyl (C=O) groups excluding carboxylic acids is 3. The van der Waals surface area contributed by atoms with Gasteiger partial charge in [0.1, 0.15) is 39.6 Å². The number of thiazole rings is 2. The van der Waals surface area contributed by atoms with E-state index in [2.05, 4.69) is 25.8 Å². The van der Waals surface area contributed by atoms with Crippen LogP contribution in [0.3, 0.4) is 0 Å². The lowest BCUT2D eigenvalue weighted by atomic mass is 9.87. The van der Waals surface area contributed by atoms with Gasteiger partial charge in [-0.3, -0.25) is 19.2 Å². The first-order valence-corrected chi connectivity index (χ1v) is 12.4. The van der Waals surface area contributed by atoms with Gasteiger partial charge >= 0.3 is 5.97 Å². The molecule has 13 nitrogen and oxygen atoms in total. The van der Waals surface area contributed by atoms with Gasteiger partial charge in [-0.2, -0.15) is 0 Å². The predicted molar refractivity (Wildman–Crippen MR) is 126 cm³/mol. The Bertz CT molecular complexity index is 1200. The normalized spacial score (nSPS) is 24.1. The van der Waals surface area contributed by atoms with Crippen LogP contribution >= 0.6 is 34.4 Å². The Morgan fingerprint density at radius 1 is 1.41 bits per heavy atom. The van der Waals surface area contributed by atoms with Crippen molar-refractivity contribution in [2.75, 3.05) is 30.5 Å². The zero-order valence-corrected chi connectivity index (χ0v) is 20.3. The highest BCUT2D eigenvalue weighted by molar-refractivity contribution is 8.00. The maximum atomic E-state index is 12.9. The Morgan fingerprint density at radius 2 is 2.18 bits per heavy atom. The number of carboxylic acid groups (broad SMARTS) is 1. The number of hydrogen-bond donors (Lipinski definition) is 4. The van der Waals surface area contributed by atoms with Crippen LogP contribution in [-0.4, -0.2) is 80.2 Å². The molecule has 34 heavy (non-hydrogen) atoms. The molecular weight excluding hydrogens is 506 g/mol. The van der Waals surface area contributed by atoms with E-state index in [1.807, 2.05) is 0 Å². The lowest BCUT2D eigenvalue weighted by molar-refractivity contribution is -0.154. The maximum absolute atomic E-state index is 12.9. The molecule has 2 aromatic rings. The number of nitrogens with zero attached hydrogens (tertiary/aromatic N) is 4. The number of thioether (sulfide) groups is 1. The molecule has 16 heteroatoms. The molecule has 0 bridgehead atoms. The van der Waals surface area contributed by atoms with Crippen LogP contribution in [0.1, 0.15) is 17.6 Å². The van der Waals surface area contributed by atoms with Crippen molar-refractivity contribution < 1.29 is 29.1 Å². The largest absolute Gasteiger partial charge is 0.480 e. The second-order valence-electron chi connectivity index (χ2n) is 7.41. The molecule has 2 aliphatic heterocycles. The predicted octanol–water partition coefficient (Wildman–Crippen LogP) is -0.0868. The summed E-state index contributed by atoms with van der Waals surface area (Å²) in [5.41, 5.74) is 4.27. The number of nitrogens with one attached hydrogen (secondary N) is 2. The number of aromatic nitrogens is 2. The molecule has 0 saturated carbocycles. The summed E-state index contributed by atoms with van der Waals surface area (Å²) in [5, 5.41) is 21.0. The van der Waals surface area contributed by atoms with Crippen molar-refractivity contribution in [2.24, 2.45) is 5.16 Å². The van der Waals surface area contributed by atoms with Gasteiger partial charge in [0.2, 0.25) is 11.8 Å². The molecule has 2 saturated heterocycles. The number of carboxylic acids is 1. The van der Waals surface area contributed by atoms with Gasteiger partial charge in [0, 0.05) is 24.6 Å². The number of nitrogen functional groups attached to an aromatic ring is 1. The van der Waals surface area contributed by atoms with Crippen LogP contribution in [0, 0.1) is 0 Å². The summed E-state index contributed by atoms with van der Waals surface area (Å²) in [6, 6.07) is -0.867. The van der Waals surface area contributed by atoms with Crippen molar-refractivity contribution in [2.45, 2.75) is 23.8 Å². The van der Waals surface area contributed by atoms with Crippen LogP contribution in [0.25, 0.3) is 0 Å². The van der Waals surface area contributed by atoms with Crippen molar-refractivity contribution >= 4 is 74.0 Å². The molecule has 2 unspecified atom stereocenters. The average molecular weight is 526 g/mol. The van der Waals surface area contributed by atoms with Crippen molar-refractivity contribution in [1.82, 2.24) is 20.2 Å². The molecule has 0 radical (unpaired) electrons. The van der Waals surface area contributed by atoms with Gasteiger partial charge in [0.15, 0.2) is 10.8 Å². The molecule has 0 spiro atoms. The summed E-state index contributed by atoms with van der Waals surface area (Å²) in [5.74, 6) is -2.40. The zero-order valence-electron chi connectivity index (χ0n) is 17.8. The minimum absolute atomic E-state index is 0.111. The van der Waals surface area contributed by atoms with Crippen molar-refractivity contribution in [3.05, 3.63) is 22.3 Å². The lowest BCUT2D eigenvalue weighted by Crippen LogP contribution is -2.74. The number of aliphatic carboxylic acids is 1. The first kappa shape index (κ1) is 23.9. The molecule has 4 heterocycles. The second-order valence-corrected chi connectivity index (χ2v) is 10.4. The number of β-lactam (4-membered cyclic amide) rings is 1. The standard InChI is InChI=1S/C18H19N7O6S3/c1-7(26)21-9-3-20-15(34-9)18(16(29)30)5-25-13(28)11(14(25)33-6-18)23-12(27)10(24-31-2)8-4-32-17(19)22-8/h3-4,11,14H,5-6H2,1-2H3,(H2,19,22)(H,21,26)(H,23,27)(H,29,30)/t11?,14-,18?/m1/s1. The molecule has 3 amide bonds. The van der Waals surface area contributed by atoms with Gasteiger partial charge in [0.05, 0.1) is 6.20 Å². The van der Waals surface area contributed by atoms with E-state index in [1.54, 1.807) is 5.38 Å². The summed E-state index contributed by atoms with van der Waals surface area (Å²) in [6.07, 6.45) is 1.39. The molecule has 0 aliphatic carbocycles. The van der Waals surface area contributed by atoms with Gasteiger partial charge in [-0.05, 0) is 0 Å². The molecule has 2 fully saturated rings. The third-order valence-electron chi connectivity index (χ3n) is 5.15. The second kappa shape index (κ2) is 9.19. The monoisotopic (exact) mass is 525 g/mol. The molecule has 180 valence electrons. The summed E-state index contributed by atoms with van der Waals surface area (Å²) in [7, 11) is 1.28. The highest BCUT2D eigenvalue weighted by Gasteiger charge is 2.59. The Morgan fingerprint density at radius 3 is 2.79 bits per heavy atom. The highest BCUT2D eigenvalue weighted by atomic mass is 32.2. The summed E-state index contributed by atoms with van der Waals surface area (Å²) in [6.45, 7) is 1.23. The quantitative estimate of drug-likeness (QED) is 0.216. The van der Waals surface area contributed by atoms with Gasteiger partial charge in [-0.1, -0.05) is 16.5 Å². The molecular formula is C18H19N7O6S3. The van der Waals surface area contributed by atoms with E-state index in [0.29, 0.717) is 5.00 Å². The van der Waals surface area contributed by atoms with E-state index in [1.165, 1.54) is 36.9 Å². The molecule has 0 aromatic carbocycles. The smallest absolute Gasteiger partial charge is 0.319 e. The van der Waals surface area contributed by atoms with E-state index in [4.69, 9.17) is 10.6 Å². The van der Waals surface area contributed by atoms with Crippen molar-refractivity contribution in [3.8, 4) is 0 Å². The minimum Gasteiger partial charge on any atom is -0.480 e. The number of rotatable bonds is 7. The number of carbonyl (C=O) groups is 4. The Hall–Kier alpha value is -3.24. The van der Waals surface area contributed by atoms with Crippen LogP contribution in [0.15, 0.2) is 16.7 Å². The van der Waals surface area contributed by atoms with Gasteiger partial charge in [0.25, 0.3) is 5.91 Å². The Balaban J connectivity index is 1.49. The van der Waals surface area contributed by atoms with Crippen LogP contribution in [0.5, 0.6) is 0 Å². The highest BCUT2D eigenvalue weighted by Crippen LogP contribution is 2.45. The number of oxime groups is 1. The first-order valence-electron chi connectivity index (χ1n) is 9.69. The van der Waals surface area contributed by atoms with Gasteiger partial charge < -0.3 is 31.2 Å². The van der Waals surface area contributed by atoms with E-state index in [-0.39, 0.29) is 39.7 Å². The van der Waals surface area contributed by atoms with E-state index < -0.39 is 34.6 Å². The fourth-order valence-electron chi connectivity index (χ4n) is 3.55. The zero-order chi connectivity index (χ0) is 24.6. The SMILES string of the molecule is CON=C(C(=O)NC1C(=O)N2CC(C(=O)O)(c3ncc(NC(C)=O)s3)CS[C@H]12)c1csc(N)n1. The van der Waals surface area contributed by atoms with Crippen LogP contribution in [-0.2, 0) is 29.4 Å². The van der Waals surface area contributed by atoms with Gasteiger partial charge in [-0.15, -0.1) is 23.1 Å². The van der Waals surface area contributed by atoms with E-state index in [0.717, 1.165) is 22.7 Å². The molecule has 2 aliphatic rings. The lowest BCUT2D eigenvalue weighted by Gasteiger charge is -2.53. The number of fused-ring (bicyclic) bond motifs is 1. The van der Waals surface area contributed by atoms with Crippen molar-refractivity contribution in [3.63, 3.8) is 0 Å². The third kappa shape index (κ3) is 4.19. The van der Waals surface area contributed by atoms with E-state index >= 15 is 0 Å². The van der Waals surface area contributed by atoms with Crippen molar-refractivity contribution in [1.29, 1.82) is 0 Å². The summed E-state index contributed by atoms with van der Waals surface area (Å²) < 4.78 is 0. The fourth-order valence-corrected chi connectivity index (χ4v) is 6.77. The summed E-state index contributed by atoms with van der Waals surface area (Å²) >= 11 is 3.41. The Kier molecular flexibility index (Phi) is 6.46. The number of nitrogens with two attached hydrogens (primary N) is 1. The van der Waals surface area contributed by atoms with Crippen LogP contribution < -0.4 is 16.4 Å². The molecule has 3 atom stereocenters. The molecule has 2 aromatic heterocycles. The number of hydrogen-bond acceptors (Lipinski definition) is 12. The first-order chi connectivity index (χ1) is 16.2. The average Bonchev–Trinajstić information content (AvgIpc) is 3.43. The minimum atomic E-state index is -1.44. The number of amides is 3. The summed E-state index contributed by atoms with van der Waals surface area (Å²) in [4.78, 5) is 63.6. The van der Waals surface area contributed by atoms with E-state index in [9.17, 15) is 24.3 Å². The third-order valence-corrected chi connectivity index (χ3v) is 8.47. The maximum Gasteiger partial charge on any atom is 0.319 e. The van der Waals surface area contributed by atoms with Gasteiger partial charge in [-0.25, -0.2) is 9.97 Å². The molecule has 5 N–H and O–H groups in total.